The molecule has 1 heterocycles. The number of nitrogens with two attached hydrogens (primary N) is 1. The van der Waals surface area contributed by atoms with Crippen LogP contribution in [0.15, 0.2) is 18.2 Å². The van der Waals surface area contributed by atoms with Crippen LogP contribution in [0.3, 0.4) is 0 Å². The van der Waals surface area contributed by atoms with Crippen molar-refractivity contribution in [3.63, 3.8) is 0 Å². The Morgan fingerprint density at radius 1 is 1.36 bits per heavy atom. The van der Waals surface area contributed by atoms with Crippen LogP contribution in [0.2, 0.25) is 0 Å². The summed E-state index contributed by atoms with van der Waals surface area (Å²) in [6.07, 6.45) is 3.92. The fraction of sp³-hybridized carbons (Fsp3) is 0.562. The second-order valence-electron chi connectivity index (χ2n) is 5.50. The van der Waals surface area contributed by atoms with E-state index in [4.69, 9.17) is 10.5 Å². The molecule has 1 aliphatic heterocycles. The molecule has 1 aromatic carbocycles. The molecule has 122 valence electrons. The molecular formula is C16H22F2N2O2. The van der Waals surface area contributed by atoms with E-state index in [1.807, 2.05) is 4.90 Å². The second kappa shape index (κ2) is 8.08. The third-order valence-electron chi connectivity index (χ3n) is 3.91. The number of rotatable bonds is 6. The van der Waals surface area contributed by atoms with Crippen molar-refractivity contribution in [2.45, 2.75) is 38.1 Å². The molecule has 0 aromatic heterocycles. The summed E-state index contributed by atoms with van der Waals surface area (Å²) in [5.74, 6) is -1.30. The number of amides is 1. The Bertz CT molecular complexity index is 511. The van der Waals surface area contributed by atoms with E-state index in [-0.39, 0.29) is 24.3 Å². The van der Waals surface area contributed by atoms with Gasteiger partial charge in [-0.15, -0.1) is 0 Å². The fourth-order valence-corrected chi connectivity index (χ4v) is 2.72. The maximum Gasteiger partial charge on any atom is 0.222 e. The summed E-state index contributed by atoms with van der Waals surface area (Å²) in [7, 11) is 0. The lowest BCUT2D eigenvalue weighted by Gasteiger charge is -2.35. The highest BCUT2D eigenvalue weighted by molar-refractivity contribution is 5.76. The quantitative estimate of drug-likeness (QED) is 0.821. The van der Waals surface area contributed by atoms with E-state index in [0.29, 0.717) is 19.4 Å². The van der Waals surface area contributed by atoms with Crippen molar-refractivity contribution in [1.82, 2.24) is 4.90 Å². The Morgan fingerprint density at radius 3 is 2.91 bits per heavy atom. The molecule has 1 unspecified atom stereocenters. The number of carbonyl (C=O) groups excluding carboxylic acids is 1. The number of ether oxygens (including phenoxy) is 1. The molecule has 1 saturated heterocycles. The van der Waals surface area contributed by atoms with E-state index in [1.54, 1.807) is 0 Å². The summed E-state index contributed by atoms with van der Waals surface area (Å²) in [5.41, 5.74) is 5.70. The van der Waals surface area contributed by atoms with Crippen molar-refractivity contribution < 1.29 is 18.3 Å². The highest BCUT2D eigenvalue weighted by Crippen LogP contribution is 2.19. The van der Waals surface area contributed by atoms with E-state index >= 15 is 0 Å². The number of likely N-dealkylation sites (tertiary alicyclic amines) is 1. The average molecular weight is 312 g/mol. The Morgan fingerprint density at radius 2 is 2.18 bits per heavy atom. The summed E-state index contributed by atoms with van der Waals surface area (Å²) in [5, 5.41) is 0. The average Bonchev–Trinajstić information content (AvgIpc) is 2.53. The predicted molar refractivity (Wildman–Crippen MR) is 79.5 cm³/mol. The van der Waals surface area contributed by atoms with Gasteiger partial charge < -0.3 is 15.4 Å². The molecule has 0 aliphatic carbocycles. The molecule has 0 bridgehead atoms. The summed E-state index contributed by atoms with van der Waals surface area (Å²) < 4.78 is 31.4. The van der Waals surface area contributed by atoms with Crippen LogP contribution in [-0.4, -0.2) is 36.5 Å². The lowest BCUT2D eigenvalue weighted by atomic mass is 10.0. The third-order valence-corrected chi connectivity index (χ3v) is 3.91. The van der Waals surface area contributed by atoms with E-state index < -0.39 is 11.6 Å². The van der Waals surface area contributed by atoms with Gasteiger partial charge in [-0.2, -0.15) is 0 Å². The first-order valence-corrected chi connectivity index (χ1v) is 7.69. The number of halogens is 2. The molecule has 2 N–H and O–H groups in total. The molecule has 0 saturated carbocycles. The van der Waals surface area contributed by atoms with Crippen molar-refractivity contribution in [2.24, 2.45) is 5.73 Å². The van der Waals surface area contributed by atoms with Gasteiger partial charge in [0.05, 0.1) is 6.61 Å². The Balaban J connectivity index is 1.74. The molecule has 1 aliphatic rings. The van der Waals surface area contributed by atoms with Crippen LogP contribution < -0.4 is 10.5 Å². The van der Waals surface area contributed by atoms with E-state index in [0.717, 1.165) is 37.9 Å². The molecular weight excluding hydrogens is 290 g/mol. The van der Waals surface area contributed by atoms with Gasteiger partial charge in [0.1, 0.15) is 5.82 Å². The maximum atomic E-state index is 13.4. The standard InChI is InChI=1S/C16H22F2N2O2/c17-12-6-7-15(14(18)10-12)22-9-3-5-16(21)20-8-2-1-4-13(20)11-19/h6-7,10,13H,1-5,8-9,11,19H2. The number of benzene rings is 1. The number of hydrogen-bond donors (Lipinski definition) is 1. The number of nitrogens with zero attached hydrogens (tertiary/aromatic N) is 1. The zero-order valence-corrected chi connectivity index (χ0v) is 12.6. The molecule has 1 amide bonds. The molecule has 4 nitrogen and oxygen atoms in total. The highest BCUT2D eigenvalue weighted by atomic mass is 19.1. The SMILES string of the molecule is NCC1CCCCN1C(=O)CCCOc1ccc(F)cc1F. The van der Waals surface area contributed by atoms with Crippen LogP contribution in [0.4, 0.5) is 8.78 Å². The van der Waals surface area contributed by atoms with Gasteiger partial charge in [-0.05, 0) is 37.8 Å². The van der Waals surface area contributed by atoms with E-state index in [2.05, 4.69) is 0 Å². The van der Waals surface area contributed by atoms with Crippen molar-refractivity contribution >= 4 is 5.91 Å². The third kappa shape index (κ3) is 4.40. The van der Waals surface area contributed by atoms with Gasteiger partial charge in [-0.3, -0.25) is 4.79 Å². The minimum absolute atomic E-state index is 0.00616. The molecule has 1 fully saturated rings. The van der Waals surface area contributed by atoms with Crippen LogP contribution >= 0.6 is 0 Å². The lowest BCUT2D eigenvalue weighted by Crippen LogP contribution is -2.47. The molecule has 0 radical (unpaired) electrons. The second-order valence-corrected chi connectivity index (χ2v) is 5.50. The summed E-state index contributed by atoms with van der Waals surface area (Å²) in [4.78, 5) is 14.0. The predicted octanol–water partition coefficient (Wildman–Crippen LogP) is 2.46. The van der Waals surface area contributed by atoms with Crippen LogP contribution in [0, 0.1) is 11.6 Å². The number of piperidine rings is 1. The van der Waals surface area contributed by atoms with Crippen LogP contribution in [0.5, 0.6) is 5.75 Å². The normalized spacial score (nSPS) is 18.3. The number of hydrogen-bond acceptors (Lipinski definition) is 3. The summed E-state index contributed by atoms with van der Waals surface area (Å²) in [6, 6.07) is 3.31. The molecule has 22 heavy (non-hydrogen) atoms. The molecule has 1 atom stereocenters. The number of carbonyl (C=O) groups is 1. The summed E-state index contributed by atoms with van der Waals surface area (Å²) in [6.45, 7) is 1.46. The van der Waals surface area contributed by atoms with E-state index in [9.17, 15) is 13.6 Å². The van der Waals surface area contributed by atoms with Gasteiger partial charge in [-0.1, -0.05) is 0 Å². The van der Waals surface area contributed by atoms with Gasteiger partial charge in [0.25, 0.3) is 0 Å². The molecule has 2 rings (SSSR count). The van der Waals surface area contributed by atoms with Crippen molar-refractivity contribution in [2.75, 3.05) is 19.7 Å². The molecule has 6 heteroatoms. The van der Waals surface area contributed by atoms with Gasteiger partial charge in [0.2, 0.25) is 5.91 Å². The minimum atomic E-state index is -0.731. The molecule has 0 spiro atoms. The lowest BCUT2D eigenvalue weighted by molar-refractivity contribution is -0.134. The molecule has 1 aromatic rings. The van der Waals surface area contributed by atoms with Crippen molar-refractivity contribution in [3.05, 3.63) is 29.8 Å². The largest absolute Gasteiger partial charge is 0.491 e. The van der Waals surface area contributed by atoms with Crippen molar-refractivity contribution in [1.29, 1.82) is 0 Å². The zero-order valence-electron chi connectivity index (χ0n) is 12.6. The zero-order chi connectivity index (χ0) is 15.9. The monoisotopic (exact) mass is 312 g/mol. The first kappa shape index (κ1) is 16.7. The minimum Gasteiger partial charge on any atom is -0.491 e. The first-order valence-electron chi connectivity index (χ1n) is 7.69. The van der Waals surface area contributed by atoms with Gasteiger partial charge in [-0.25, -0.2) is 8.78 Å². The van der Waals surface area contributed by atoms with Gasteiger partial charge in [0.15, 0.2) is 11.6 Å². The highest BCUT2D eigenvalue weighted by Gasteiger charge is 2.24. The fourth-order valence-electron chi connectivity index (χ4n) is 2.72. The van der Waals surface area contributed by atoms with Gasteiger partial charge in [0, 0.05) is 31.6 Å². The topological polar surface area (TPSA) is 55.6 Å². The maximum absolute atomic E-state index is 13.4. The Hall–Kier alpha value is -1.69. The van der Waals surface area contributed by atoms with Crippen LogP contribution in [0.1, 0.15) is 32.1 Å². The first-order chi connectivity index (χ1) is 10.6. The van der Waals surface area contributed by atoms with Crippen LogP contribution in [-0.2, 0) is 4.79 Å². The van der Waals surface area contributed by atoms with Crippen LogP contribution in [0.25, 0.3) is 0 Å². The Kier molecular flexibility index (Phi) is 6.12. The smallest absolute Gasteiger partial charge is 0.222 e. The summed E-state index contributed by atoms with van der Waals surface area (Å²) >= 11 is 0. The van der Waals surface area contributed by atoms with Crippen molar-refractivity contribution in [3.8, 4) is 5.75 Å². The van der Waals surface area contributed by atoms with E-state index in [1.165, 1.54) is 6.07 Å². The Labute approximate surface area is 129 Å². The van der Waals surface area contributed by atoms with Gasteiger partial charge >= 0.3 is 0 Å².